The zero-order valence-corrected chi connectivity index (χ0v) is 16.1. The topological polar surface area (TPSA) is 122 Å². The largest absolute Gasteiger partial charge is 0.403 e. The second kappa shape index (κ2) is 9.87. The van der Waals surface area contributed by atoms with Crippen LogP contribution in [0.5, 0.6) is 0 Å². The number of hydrogen-bond acceptors (Lipinski definition) is 8. The van der Waals surface area contributed by atoms with Crippen LogP contribution in [-0.4, -0.2) is 43.8 Å². The van der Waals surface area contributed by atoms with Crippen molar-refractivity contribution in [2.75, 3.05) is 23.4 Å². The molecule has 160 valence electrons. The molecule has 1 aromatic heterocycles. The van der Waals surface area contributed by atoms with Crippen LogP contribution in [0.2, 0.25) is 0 Å². The predicted octanol–water partition coefficient (Wildman–Crippen LogP) is 2.67. The number of nitrogens with one attached hydrogen (secondary N) is 2. The summed E-state index contributed by atoms with van der Waals surface area (Å²) in [6.45, 7) is -0.706. The highest BCUT2D eigenvalue weighted by Crippen LogP contribution is 2.18. The van der Waals surface area contributed by atoms with E-state index in [1.165, 1.54) is 6.07 Å². The predicted molar refractivity (Wildman–Crippen MR) is 108 cm³/mol. The zero-order chi connectivity index (χ0) is 21.4. The summed E-state index contributed by atoms with van der Waals surface area (Å²) in [5.41, 5.74) is 5.96. The lowest BCUT2D eigenvalue weighted by molar-refractivity contribution is 0.159. The fourth-order valence-corrected chi connectivity index (χ4v) is 3.16. The minimum atomic E-state index is -3.46. The van der Waals surface area contributed by atoms with Crippen LogP contribution in [0.25, 0.3) is 0 Å². The normalized spacial score (nSPS) is 12.5. The summed E-state index contributed by atoms with van der Waals surface area (Å²) in [6, 6.07) is 6.29. The highest BCUT2D eigenvalue weighted by molar-refractivity contribution is 7.90. The minimum absolute atomic E-state index is 0. The first-order chi connectivity index (χ1) is 13.7. The molecular formula is C17H23F3N6O2S. The van der Waals surface area contributed by atoms with Gasteiger partial charge >= 0.3 is 0 Å². The SMILES string of the molecule is CS(=O)(=O)c1ccccc1CNc1nc(N/C(C=NCC(F)F)=C/N)ncc1F.[HH].[HH]. The van der Waals surface area contributed by atoms with Gasteiger partial charge < -0.3 is 16.4 Å². The maximum absolute atomic E-state index is 14.0. The Balaban J connectivity index is 0.00000450. The molecule has 0 radical (unpaired) electrons. The van der Waals surface area contributed by atoms with Crippen molar-refractivity contribution in [3.63, 3.8) is 0 Å². The van der Waals surface area contributed by atoms with E-state index < -0.39 is 28.6 Å². The summed E-state index contributed by atoms with van der Waals surface area (Å²) in [5, 5.41) is 5.34. The molecule has 1 heterocycles. The summed E-state index contributed by atoms with van der Waals surface area (Å²) in [4.78, 5) is 11.3. The van der Waals surface area contributed by atoms with Crippen LogP contribution in [0.4, 0.5) is 24.9 Å². The Bertz CT molecular complexity index is 1020. The van der Waals surface area contributed by atoms with Crippen LogP contribution in [0.15, 0.2) is 52.2 Å². The lowest BCUT2D eigenvalue weighted by atomic mass is 10.2. The van der Waals surface area contributed by atoms with Crippen LogP contribution in [-0.2, 0) is 16.4 Å². The third-order valence-electron chi connectivity index (χ3n) is 3.47. The lowest BCUT2D eigenvalue weighted by Gasteiger charge is -2.11. The molecule has 2 rings (SSSR count). The maximum atomic E-state index is 14.0. The molecule has 0 aliphatic carbocycles. The second-order valence-corrected chi connectivity index (χ2v) is 7.74. The average molecular weight is 432 g/mol. The highest BCUT2D eigenvalue weighted by Gasteiger charge is 2.14. The van der Waals surface area contributed by atoms with Crippen molar-refractivity contribution in [2.45, 2.75) is 17.9 Å². The van der Waals surface area contributed by atoms with Gasteiger partial charge in [0, 0.05) is 28.1 Å². The molecule has 0 aliphatic heterocycles. The van der Waals surface area contributed by atoms with E-state index in [4.69, 9.17) is 5.73 Å². The first-order valence-electron chi connectivity index (χ1n) is 8.22. The Morgan fingerprint density at radius 2 is 2.10 bits per heavy atom. The number of anilines is 2. The molecule has 29 heavy (non-hydrogen) atoms. The van der Waals surface area contributed by atoms with Crippen molar-refractivity contribution in [2.24, 2.45) is 10.7 Å². The molecule has 0 saturated heterocycles. The molecular weight excluding hydrogens is 409 g/mol. The van der Waals surface area contributed by atoms with E-state index in [2.05, 4.69) is 25.6 Å². The number of hydrogen-bond donors (Lipinski definition) is 3. The van der Waals surface area contributed by atoms with Gasteiger partial charge in [-0.25, -0.2) is 26.6 Å². The smallest absolute Gasteiger partial charge is 0.257 e. The van der Waals surface area contributed by atoms with Crippen molar-refractivity contribution >= 4 is 27.8 Å². The molecule has 0 amide bonds. The molecule has 0 spiro atoms. The van der Waals surface area contributed by atoms with Gasteiger partial charge in [0.05, 0.1) is 23.3 Å². The zero-order valence-electron chi connectivity index (χ0n) is 15.3. The van der Waals surface area contributed by atoms with Gasteiger partial charge in [-0.05, 0) is 11.6 Å². The number of sulfone groups is 1. The number of aliphatic imine (C=N–C) groups is 1. The molecule has 4 N–H and O–H groups in total. The Morgan fingerprint density at radius 3 is 2.76 bits per heavy atom. The monoisotopic (exact) mass is 432 g/mol. The molecule has 0 fully saturated rings. The Hall–Kier alpha value is -3.15. The second-order valence-electron chi connectivity index (χ2n) is 5.76. The van der Waals surface area contributed by atoms with Crippen LogP contribution < -0.4 is 16.4 Å². The third kappa shape index (κ3) is 6.75. The van der Waals surface area contributed by atoms with E-state index in [0.29, 0.717) is 5.56 Å². The molecule has 0 saturated carbocycles. The molecule has 2 aromatic rings. The first-order valence-corrected chi connectivity index (χ1v) is 10.1. The molecule has 0 aliphatic rings. The lowest BCUT2D eigenvalue weighted by Crippen LogP contribution is -2.12. The van der Waals surface area contributed by atoms with Gasteiger partial charge in [0.25, 0.3) is 6.43 Å². The van der Waals surface area contributed by atoms with Crippen molar-refractivity contribution in [3.8, 4) is 0 Å². The van der Waals surface area contributed by atoms with Gasteiger partial charge in [-0.3, -0.25) is 4.99 Å². The van der Waals surface area contributed by atoms with Gasteiger partial charge in [-0.1, -0.05) is 18.2 Å². The van der Waals surface area contributed by atoms with Crippen molar-refractivity contribution in [3.05, 3.63) is 53.7 Å². The maximum Gasteiger partial charge on any atom is 0.257 e. The minimum Gasteiger partial charge on any atom is -0.403 e. The summed E-state index contributed by atoms with van der Waals surface area (Å²) in [7, 11) is -3.46. The average Bonchev–Trinajstić information content (AvgIpc) is 2.66. The first kappa shape index (κ1) is 22.1. The number of halogens is 3. The summed E-state index contributed by atoms with van der Waals surface area (Å²) in [6.07, 6.45) is 1.52. The van der Waals surface area contributed by atoms with Gasteiger partial charge in [-0.2, -0.15) is 4.98 Å². The number of nitrogens with two attached hydrogens (primary N) is 1. The van der Waals surface area contributed by atoms with Gasteiger partial charge in [-0.15, -0.1) is 0 Å². The van der Waals surface area contributed by atoms with E-state index in [1.807, 2.05) is 0 Å². The fraction of sp³-hybridized carbons (Fsp3) is 0.235. The van der Waals surface area contributed by atoms with Gasteiger partial charge in [0.2, 0.25) is 5.95 Å². The molecule has 0 unspecified atom stereocenters. The summed E-state index contributed by atoms with van der Waals surface area (Å²) < 4.78 is 62.0. The van der Waals surface area contributed by atoms with Crippen LogP contribution in [0.3, 0.4) is 0 Å². The quantitative estimate of drug-likeness (QED) is 0.521. The summed E-state index contributed by atoms with van der Waals surface area (Å²) >= 11 is 0. The summed E-state index contributed by atoms with van der Waals surface area (Å²) in [5.74, 6) is -1.02. The fourth-order valence-electron chi connectivity index (χ4n) is 2.22. The van der Waals surface area contributed by atoms with Crippen molar-refractivity contribution < 1.29 is 24.4 Å². The van der Waals surface area contributed by atoms with Crippen molar-refractivity contribution in [1.82, 2.24) is 9.97 Å². The number of alkyl halides is 2. The molecule has 0 bridgehead atoms. The molecule has 8 nitrogen and oxygen atoms in total. The molecule has 0 atom stereocenters. The van der Waals surface area contributed by atoms with Crippen LogP contribution in [0, 0.1) is 5.82 Å². The van der Waals surface area contributed by atoms with E-state index in [1.54, 1.807) is 18.2 Å². The van der Waals surface area contributed by atoms with Gasteiger partial charge in [0.1, 0.15) is 0 Å². The van der Waals surface area contributed by atoms with Crippen LogP contribution >= 0.6 is 0 Å². The van der Waals surface area contributed by atoms with Crippen LogP contribution in [0.1, 0.15) is 8.42 Å². The van der Waals surface area contributed by atoms with E-state index in [-0.39, 0.29) is 31.8 Å². The third-order valence-corrected chi connectivity index (χ3v) is 4.67. The van der Waals surface area contributed by atoms with E-state index in [9.17, 15) is 21.6 Å². The van der Waals surface area contributed by atoms with E-state index in [0.717, 1.165) is 24.9 Å². The Labute approximate surface area is 168 Å². The van der Waals surface area contributed by atoms with Crippen molar-refractivity contribution in [1.29, 1.82) is 0 Å². The highest BCUT2D eigenvalue weighted by atomic mass is 32.2. The number of benzene rings is 1. The molecule has 1 aromatic carbocycles. The Kier molecular flexibility index (Phi) is 7.53. The van der Waals surface area contributed by atoms with E-state index >= 15 is 0 Å². The Morgan fingerprint density at radius 1 is 1.38 bits per heavy atom. The number of nitrogens with zero attached hydrogens (tertiary/aromatic N) is 3. The molecule has 12 heteroatoms. The number of rotatable bonds is 9. The number of aromatic nitrogens is 2. The number of allylic oxidation sites excluding steroid dienone is 1. The standard InChI is InChI=1S/C17H19F3N6O2S.2H2/c1-29(27,28)14-5-3-2-4-11(14)7-23-16-13(18)9-24-17(26-16)25-12(6-21)8-22-10-15(19)20;;/h2-6,8-9,15H,7,10,21H2,1H3,(H2,23,24,25,26);2*1H/b12-6+,22-8?;;. The van der Waals surface area contributed by atoms with Gasteiger partial charge in [0.15, 0.2) is 21.5 Å².